The van der Waals surface area contributed by atoms with Crippen molar-refractivity contribution in [2.45, 2.75) is 72.0 Å². The van der Waals surface area contributed by atoms with Crippen LogP contribution in [0.3, 0.4) is 0 Å². The molecule has 180 valence electrons. The Kier molecular flexibility index (Phi) is 15.3. The van der Waals surface area contributed by atoms with Crippen LogP contribution >= 0.6 is 0 Å². The summed E-state index contributed by atoms with van der Waals surface area (Å²) in [6.45, 7) is 6.97. The molecule has 0 aliphatic rings. The van der Waals surface area contributed by atoms with Gasteiger partial charge in [0.15, 0.2) is 6.29 Å². The van der Waals surface area contributed by atoms with Crippen LogP contribution in [0, 0.1) is 0 Å². The fourth-order valence-corrected chi connectivity index (χ4v) is 2.45. The molecule has 1 amide bonds. The molecule has 4 atom stereocenters. The van der Waals surface area contributed by atoms with E-state index >= 15 is 0 Å². The van der Waals surface area contributed by atoms with Crippen LogP contribution < -0.4 is 5.32 Å². The van der Waals surface area contributed by atoms with Crippen molar-refractivity contribution >= 4 is 23.8 Å². The SMILES string of the molecule is COCCCCOC(OC(COC(C)=O)[C@@H](C)OC(C)=O)[C@H](COC(C)=O)NC(C)=O. The summed E-state index contributed by atoms with van der Waals surface area (Å²) in [5.41, 5.74) is 0. The second kappa shape index (κ2) is 16.5. The number of esters is 3. The molecule has 11 nitrogen and oxygen atoms in total. The van der Waals surface area contributed by atoms with Gasteiger partial charge in [0.1, 0.15) is 31.5 Å². The van der Waals surface area contributed by atoms with Gasteiger partial charge in [-0.25, -0.2) is 0 Å². The van der Waals surface area contributed by atoms with Gasteiger partial charge in [-0.05, 0) is 19.8 Å². The third kappa shape index (κ3) is 15.2. The molecule has 0 saturated heterocycles. The van der Waals surface area contributed by atoms with Gasteiger partial charge in [-0.2, -0.15) is 0 Å². The molecule has 0 saturated carbocycles. The van der Waals surface area contributed by atoms with Gasteiger partial charge >= 0.3 is 17.9 Å². The Morgan fingerprint density at radius 2 is 1.42 bits per heavy atom. The highest BCUT2D eigenvalue weighted by molar-refractivity contribution is 5.73. The van der Waals surface area contributed by atoms with Gasteiger partial charge < -0.3 is 33.7 Å². The number of nitrogens with one attached hydrogen (secondary N) is 1. The standard InChI is InChI=1S/C20H35NO10/c1-13(30-17(5)25)19(12-29-16(4)24)31-20(27-10-8-7-9-26-6)18(21-14(2)22)11-28-15(3)23/h13,18-20H,7-12H2,1-6H3,(H,21,22)/t13-,18+,19?,20?/m1/s1. The first-order chi connectivity index (χ1) is 14.6. The number of methoxy groups -OCH3 is 1. The summed E-state index contributed by atoms with van der Waals surface area (Å²) in [4.78, 5) is 45.6. The topological polar surface area (TPSA) is 136 Å². The molecule has 0 fully saturated rings. The summed E-state index contributed by atoms with van der Waals surface area (Å²) in [6, 6.07) is -0.854. The van der Waals surface area contributed by atoms with Crippen LogP contribution in [0.4, 0.5) is 0 Å². The van der Waals surface area contributed by atoms with E-state index in [0.29, 0.717) is 13.0 Å². The van der Waals surface area contributed by atoms with Crippen molar-refractivity contribution in [2.75, 3.05) is 33.5 Å². The smallest absolute Gasteiger partial charge is 0.302 e. The molecular formula is C20H35NO10. The normalized spacial score (nSPS) is 14.6. The van der Waals surface area contributed by atoms with Crippen LogP contribution in [-0.2, 0) is 47.6 Å². The second-order valence-electron chi connectivity index (χ2n) is 6.84. The lowest BCUT2D eigenvalue weighted by atomic mass is 10.2. The predicted octanol–water partition coefficient (Wildman–Crippen LogP) is 0.723. The number of rotatable bonds is 16. The highest BCUT2D eigenvalue weighted by Crippen LogP contribution is 2.14. The number of amides is 1. The number of hydrogen-bond acceptors (Lipinski definition) is 10. The fraction of sp³-hybridized carbons (Fsp3) is 0.800. The number of hydrogen-bond donors (Lipinski definition) is 1. The summed E-state index contributed by atoms with van der Waals surface area (Å²) < 4.78 is 32.0. The van der Waals surface area contributed by atoms with E-state index in [0.717, 1.165) is 6.42 Å². The maximum absolute atomic E-state index is 11.7. The zero-order valence-corrected chi connectivity index (χ0v) is 19.1. The van der Waals surface area contributed by atoms with Crippen molar-refractivity contribution in [1.82, 2.24) is 5.32 Å². The number of unbranched alkanes of at least 4 members (excludes halogenated alkanes) is 1. The Morgan fingerprint density at radius 1 is 0.839 bits per heavy atom. The molecule has 0 aromatic rings. The summed E-state index contributed by atoms with van der Waals surface area (Å²) in [7, 11) is 1.59. The molecule has 2 unspecified atom stereocenters. The first-order valence-corrected chi connectivity index (χ1v) is 10.0. The molecule has 0 aliphatic heterocycles. The minimum atomic E-state index is -1.08. The first-order valence-electron chi connectivity index (χ1n) is 10.0. The van der Waals surface area contributed by atoms with Crippen LogP contribution in [0.2, 0.25) is 0 Å². The Bertz CT molecular complexity index is 568. The van der Waals surface area contributed by atoms with E-state index in [2.05, 4.69) is 5.32 Å². The lowest BCUT2D eigenvalue weighted by molar-refractivity contribution is -0.223. The van der Waals surface area contributed by atoms with E-state index in [1.165, 1.54) is 27.7 Å². The summed E-state index contributed by atoms with van der Waals surface area (Å²) in [6.07, 6.45) is -1.39. The van der Waals surface area contributed by atoms with E-state index < -0.39 is 48.4 Å². The van der Waals surface area contributed by atoms with Gasteiger partial charge in [0.2, 0.25) is 5.91 Å². The van der Waals surface area contributed by atoms with Gasteiger partial charge in [-0.3, -0.25) is 19.2 Å². The van der Waals surface area contributed by atoms with Crippen LogP contribution in [0.25, 0.3) is 0 Å². The molecule has 0 aromatic heterocycles. The first kappa shape index (κ1) is 28.8. The zero-order chi connectivity index (χ0) is 23.8. The Morgan fingerprint density at radius 3 is 1.94 bits per heavy atom. The number of carbonyl (C=O) groups is 4. The van der Waals surface area contributed by atoms with Crippen molar-refractivity contribution in [2.24, 2.45) is 0 Å². The third-order valence-electron chi connectivity index (χ3n) is 3.84. The Hall–Kier alpha value is -2.24. The van der Waals surface area contributed by atoms with Crippen LogP contribution in [0.15, 0.2) is 0 Å². The van der Waals surface area contributed by atoms with Gasteiger partial charge in [-0.1, -0.05) is 0 Å². The van der Waals surface area contributed by atoms with E-state index in [4.69, 9.17) is 28.4 Å². The molecule has 11 heteroatoms. The largest absolute Gasteiger partial charge is 0.463 e. The van der Waals surface area contributed by atoms with Crippen LogP contribution in [-0.4, -0.2) is 81.9 Å². The van der Waals surface area contributed by atoms with Gasteiger partial charge in [0, 0.05) is 48.0 Å². The lowest BCUT2D eigenvalue weighted by Gasteiger charge is -2.32. The maximum atomic E-state index is 11.7. The van der Waals surface area contributed by atoms with E-state index in [-0.39, 0.29) is 19.8 Å². The van der Waals surface area contributed by atoms with Crippen molar-refractivity contribution in [3.8, 4) is 0 Å². The second-order valence-corrected chi connectivity index (χ2v) is 6.84. The fourth-order valence-electron chi connectivity index (χ4n) is 2.45. The minimum Gasteiger partial charge on any atom is -0.463 e. The summed E-state index contributed by atoms with van der Waals surface area (Å²) in [5.74, 6) is -2.02. The molecule has 0 aromatic carbocycles. The molecule has 0 spiro atoms. The van der Waals surface area contributed by atoms with Crippen molar-refractivity contribution < 1.29 is 47.6 Å². The molecule has 31 heavy (non-hydrogen) atoms. The van der Waals surface area contributed by atoms with Crippen LogP contribution in [0.5, 0.6) is 0 Å². The average molecular weight is 449 g/mol. The number of ether oxygens (including phenoxy) is 6. The average Bonchev–Trinajstić information content (AvgIpc) is 2.65. The van der Waals surface area contributed by atoms with Crippen molar-refractivity contribution in [1.29, 1.82) is 0 Å². The monoisotopic (exact) mass is 449 g/mol. The zero-order valence-electron chi connectivity index (χ0n) is 19.1. The Balaban J connectivity index is 5.49. The minimum absolute atomic E-state index is 0.208. The summed E-state index contributed by atoms with van der Waals surface area (Å²) >= 11 is 0. The van der Waals surface area contributed by atoms with Crippen molar-refractivity contribution in [3.63, 3.8) is 0 Å². The van der Waals surface area contributed by atoms with E-state index in [1.807, 2.05) is 0 Å². The molecule has 1 N–H and O–H groups in total. The molecule has 0 heterocycles. The molecule has 0 rings (SSSR count). The molecule has 0 aliphatic carbocycles. The van der Waals surface area contributed by atoms with Gasteiger partial charge in [0.25, 0.3) is 0 Å². The van der Waals surface area contributed by atoms with Crippen molar-refractivity contribution in [3.05, 3.63) is 0 Å². The van der Waals surface area contributed by atoms with E-state index in [9.17, 15) is 19.2 Å². The highest BCUT2D eigenvalue weighted by Gasteiger charge is 2.32. The molecule has 0 radical (unpaired) electrons. The van der Waals surface area contributed by atoms with E-state index in [1.54, 1.807) is 14.0 Å². The maximum Gasteiger partial charge on any atom is 0.302 e. The Labute approximate surface area is 183 Å². The predicted molar refractivity (Wildman–Crippen MR) is 108 cm³/mol. The third-order valence-corrected chi connectivity index (χ3v) is 3.84. The summed E-state index contributed by atoms with van der Waals surface area (Å²) in [5, 5.41) is 2.63. The van der Waals surface area contributed by atoms with Crippen LogP contribution in [0.1, 0.15) is 47.5 Å². The molecular weight excluding hydrogens is 414 g/mol. The number of carbonyl (C=O) groups excluding carboxylic acids is 4. The quantitative estimate of drug-likeness (QED) is 0.155. The lowest BCUT2D eigenvalue weighted by Crippen LogP contribution is -2.51. The molecule has 0 bridgehead atoms. The van der Waals surface area contributed by atoms with Gasteiger partial charge in [-0.15, -0.1) is 0 Å². The highest BCUT2D eigenvalue weighted by atomic mass is 16.7. The van der Waals surface area contributed by atoms with Gasteiger partial charge in [0.05, 0.1) is 0 Å².